The highest BCUT2D eigenvalue weighted by molar-refractivity contribution is 9.10. The van der Waals surface area contributed by atoms with Crippen molar-refractivity contribution < 1.29 is 9.53 Å². The van der Waals surface area contributed by atoms with Crippen molar-refractivity contribution in [2.45, 2.75) is 32.4 Å². The van der Waals surface area contributed by atoms with E-state index in [0.29, 0.717) is 18.8 Å². The van der Waals surface area contributed by atoms with Crippen LogP contribution in [0.2, 0.25) is 0 Å². The lowest BCUT2D eigenvalue weighted by Crippen LogP contribution is -2.33. The quantitative estimate of drug-likeness (QED) is 0.632. The van der Waals surface area contributed by atoms with E-state index in [9.17, 15) is 4.79 Å². The van der Waals surface area contributed by atoms with Crippen molar-refractivity contribution in [3.05, 3.63) is 57.0 Å². The Kier molecular flexibility index (Phi) is 5.16. The summed E-state index contributed by atoms with van der Waals surface area (Å²) in [5, 5.41) is 5.13. The van der Waals surface area contributed by atoms with Crippen LogP contribution in [0.4, 0.5) is 0 Å². The monoisotopic (exact) mass is 432 g/mol. The normalized spacial score (nSPS) is 17.1. The number of amides is 1. The molecule has 0 radical (unpaired) electrons. The molecule has 1 atom stereocenters. The Balaban J connectivity index is 1.65. The van der Waals surface area contributed by atoms with Gasteiger partial charge in [0.15, 0.2) is 0 Å². The van der Waals surface area contributed by atoms with Crippen LogP contribution in [0, 0.1) is 6.92 Å². The Labute approximate surface area is 165 Å². The molecule has 2 aromatic heterocycles. The molecule has 3 aromatic rings. The Morgan fingerprint density at radius 2 is 2.27 bits per heavy atom. The van der Waals surface area contributed by atoms with E-state index in [4.69, 9.17) is 4.74 Å². The van der Waals surface area contributed by atoms with E-state index in [1.54, 1.807) is 11.3 Å². The Hall–Kier alpha value is -1.63. The maximum absolute atomic E-state index is 12.9. The summed E-state index contributed by atoms with van der Waals surface area (Å²) < 4.78 is 9.88. The van der Waals surface area contributed by atoms with Gasteiger partial charge in [-0.15, -0.1) is 11.3 Å². The Morgan fingerprint density at radius 1 is 1.42 bits per heavy atom. The second kappa shape index (κ2) is 7.55. The first kappa shape index (κ1) is 17.8. The predicted molar refractivity (Wildman–Crippen MR) is 109 cm³/mol. The molecule has 6 heteroatoms. The molecule has 4 nitrogen and oxygen atoms in total. The number of rotatable bonds is 5. The van der Waals surface area contributed by atoms with Crippen LogP contribution in [0.25, 0.3) is 10.2 Å². The zero-order valence-electron chi connectivity index (χ0n) is 14.6. The summed E-state index contributed by atoms with van der Waals surface area (Å²) in [5.74, 6) is -0.0376. The number of hydrogen-bond acceptors (Lipinski definition) is 3. The lowest BCUT2D eigenvalue weighted by molar-refractivity contribution is 0.0851. The number of benzene rings is 1. The predicted octanol–water partition coefficient (Wildman–Crippen LogP) is 4.73. The number of fused-ring (bicyclic) bond motifs is 1. The minimum Gasteiger partial charge on any atom is -0.376 e. The van der Waals surface area contributed by atoms with Gasteiger partial charge in [0.05, 0.1) is 20.8 Å². The molecular weight excluding hydrogens is 412 g/mol. The lowest BCUT2D eigenvalue weighted by atomic mass is 10.1. The second-order valence-electron chi connectivity index (χ2n) is 6.68. The second-order valence-corrected chi connectivity index (χ2v) is 8.45. The van der Waals surface area contributed by atoms with Gasteiger partial charge >= 0.3 is 0 Å². The highest BCUT2D eigenvalue weighted by Gasteiger charge is 2.21. The van der Waals surface area contributed by atoms with Gasteiger partial charge in [-0.2, -0.15) is 0 Å². The van der Waals surface area contributed by atoms with Crippen LogP contribution in [0.1, 0.15) is 34.5 Å². The summed E-state index contributed by atoms with van der Waals surface area (Å²) in [4.78, 5) is 12.9. The van der Waals surface area contributed by atoms with Crippen molar-refractivity contribution >= 4 is 43.4 Å². The molecule has 136 valence electrons. The number of aromatic nitrogens is 1. The van der Waals surface area contributed by atoms with Gasteiger partial charge in [-0.3, -0.25) is 4.79 Å². The highest BCUT2D eigenvalue weighted by Crippen LogP contribution is 2.34. The van der Waals surface area contributed by atoms with E-state index in [2.05, 4.69) is 50.3 Å². The average Bonchev–Trinajstić information content (AvgIpc) is 3.34. The molecule has 1 aliphatic rings. The standard InChI is InChI=1S/C20H21BrN2O2S/c1-13-5-2-3-6-14(13)11-23-17(9-18-19(23)16(21)12-26-18)20(24)22-10-15-7-4-8-25-15/h2-3,5-6,9,12,15H,4,7-8,10-11H2,1H3,(H,22,24)/t15-/m0/s1. The molecular formula is C20H21BrN2O2S. The summed E-state index contributed by atoms with van der Waals surface area (Å²) in [6.07, 6.45) is 2.24. The third-order valence-electron chi connectivity index (χ3n) is 4.91. The van der Waals surface area contributed by atoms with E-state index < -0.39 is 0 Å². The Bertz CT molecular complexity index is 941. The minimum absolute atomic E-state index is 0.0376. The molecule has 0 saturated carbocycles. The fourth-order valence-corrected chi connectivity index (χ4v) is 5.14. The first-order valence-corrected chi connectivity index (χ1v) is 10.5. The molecule has 0 unspecified atom stereocenters. The molecule has 0 spiro atoms. The zero-order valence-corrected chi connectivity index (χ0v) is 17.0. The molecule has 1 aromatic carbocycles. The number of nitrogens with zero attached hydrogens (tertiary/aromatic N) is 1. The first-order valence-electron chi connectivity index (χ1n) is 8.84. The van der Waals surface area contributed by atoms with Crippen LogP contribution in [-0.2, 0) is 11.3 Å². The fourth-order valence-electron chi connectivity index (χ4n) is 3.44. The zero-order chi connectivity index (χ0) is 18.1. The highest BCUT2D eigenvalue weighted by atomic mass is 79.9. The van der Waals surface area contributed by atoms with Crippen molar-refractivity contribution in [1.82, 2.24) is 9.88 Å². The van der Waals surface area contributed by atoms with Crippen molar-refractivity contribution in [2.75, 3.05) is 13.2 Å². The van der Waals surface area contributed by atoms with Crippen LogP contribution < -0.4 is 5.32 Å². The lowest BCUT2D eigenvalue weighted by Gasteiger charge is -2.14. The largest absolute Gasteiger partial charge is 0.376 e. The van der Waals surface area contributed by atoms with E-state index in [1.165, 1.54) is 11.1 Å². The van der Waals surface area contributed by atoms with E-state index >= 15 is 0 Å². The van der Waals surface area contributed by atoms with Crippen LogP contribution >= 0.6 is 27.3 Å². The van der Waals surface area contributed by atoms with Crippen LogP contribution in [0.5, 0.6) is 0 Å². The summed E-state index contributed by atoms with van der Waals surface area (Å²) >= 11 is 5.29. The van der Waals surface area contributed by atoms with Gasteiger partial charge in [0.2, 0.25) is 0 Å². The van der Waals surface area contributed by atoms with Gasteiger partial charge in [-0.25, -0.2) is 0 Å². The Morgan fingerprint density at radius 3 is 3.04 bits per heavy atom. The number of carbonyl (C=O) groups excluding carboxylic acids is 1. The van der Waals surface area contributed by atoms with Gasteiger partial charge < -0.3 is 14.6 Å². The molecule has 1 aliphatic heterocycles. The van der Waals surface area contributed by atoms with Crippen molar-refractivity contribution in [1.29, 1.82) is 0 Å². The molecule has 1 N–H and O–H groups in total. The molecule has 26 heavy (non-hydrogen) atoms. The van der Waals surface area contributed by atoms with Crippen LogP contribution in [-0.4, -0.2) is 29.7 Å². The van der Waals surface area contributed by atoms with Crippen LogP contribution in [0.3, 0.4) is 0 Å². The first-order chi connectivity index (χ1) is 12.6. The molecule has 0 bridgehead atoms. The number of aryl methyl sites for hydroxylation is 1. The number of halogens is 1. The number of hydrogen-bond donors (Lipinski definition) is 1. The van der Waals surface area contributed by atoms with Gasteiger partial charge in [0.25, 0.3) is 5.91 Å². The summed E-state index contributed by atoms with van der Waals surface area (Å²) in [5.41, 5.74) is 4.23. The third-order valence-corrected chi connectivity index (χ3v) is 6.74. The molecule has 4 rings (SSSR count). The molecule has 1 amide bonds. The SMILES string of the molecule is Cc1ccccc1Cn1c(C(=O)NC[C@@H]2CCCO2)cc2scc(Br)c21. The van der Waals surface area contributed by atoms with Crippen LogP contribution in [0.15, 0.2) is 40.2 Å². The number of carbonyl (C=O) groups is 1. The summed E-state index contributed by atoms with van der Waals surface area (Å²) in [6, 6.07) is 10.3. The van der Waals surface area contributed by atoms with E-state index in [1.807, 2.05) is 18.2 Å². The topological polar surface area (TPSA) is 43.3 Å². The molecule has 1 saturated heterocycles. The number of nitrogens with one attached hydrogen (secondary N) is 1. The minimum atomic E-state index is -0.0376. The number of thiophene rings is 1. The molecule has 3 heterocycles. The molecule has 0 aliphatic carbocycles. The fraction of sp³-hybridized carbons (Fsp3) is 0.350. The van der Waals surface area contributed by atoms with Gasteiger partial charge in [-0.05, 0) is 52.9 Å². The number of ether oxygens (including phenoxy) is 1. The third kappa shape index (κ3) is 3.46. The molecule has 1 fully saturated rings. The van der Waals surface area contributed by atoms with Crippen molar-refractivity contribution in [3.8, 4) is 0 Å². The van der Waals surface area contributed by atoms with E-state index in [-0.39, 0.29) is 12.0 Å². The van der Waals surface area contributed by atoms with Crippen molar-refractivity contribution in [3.63, 3.8) is 0 Å². The average molecular weight is 433 g/mol. The summed E-state index contributed by atoms with van der Waals surface area (Å²) in [6.45, 7) is 4.15. The maximum atomic E-state index is 12.9. The van der Waals surface area contributed by atoms with Crippen molar-refractivity contribution in [2.24, 2.45) is 0 Å². The van der Waals surface area contributed by atoms with E-state index in [0.717, 1.165) is 34.1 Å². The maximum Gasteiger partial charge on any atom is 0.268 e. The smallest absolute Gasteiger partial charge is 0.268 e. The van der Waals surface area contributed by atoms with Gasteiger partial charge in [0.1, 0.15) is 5.69 Å². The summed E-state index contributed by atoms with van der Waals surface area (Å²) in [7, 11) is 0. The van der Waals surface area contributed by atoms with Gasteiger partial charge in [0, 0.05) is 25.1 Å². The van der Waals surface area contributed by atoms with Gasteiger partial charge in [-0.1, -0.05) is 24.3 Å².